The summed E-state index contributed by atoms with van der Waals surface area (Å²) in [5.74, 6) is -0.0547. The third-order valence-corrected chi connectivity index (χ3v) is 5.73. The average molecular weight is 367 g/mol. The van der Waals surface area contributed by atoms with Crippen molar-refractivity contribution in [2.24, 2.45) is 0 Å². The quantitative estimate of drug-likeness (QED) is 0.708. The van der Waals surface area contributed by atoms with Gasteiger partial charge >= 0.3 is 0 Å². The number of carbonyl (C=O) groups is 1. The van der Waals surface area contributed by atoms with Crippen LogP contribution in [0, 0.1) is 6.92 Å². The Labute approximate surface area is 156 Å². The van der Waals surface area contributed by atoms with Crippen LogP contribution in [-0.4, -0.2) is 37.3 Å². The molecule has 0 aliphatic carbocycles. The molecule has 1 amide bonds. The van der Waals surface area contributed by atoms with Crippen LogP contribution in [0.4, 0.5) is 0 Å². The van der Waals surface area contributed by atoms with Crippen molar-refractivity contribution in [1.82, 2.24) is 24.9 Å². The Morgan fingerprint density at radius 3 is 3.00 bits per heavy atom. The zero-order valence-corrected chi connectivity index (χ0v) is 15.5. The number of benzene rings is 1. The maximum Gasteiger partial charge on any atom is 0.276 e. The first-order chi connectivity index (χ1) is 12.7. The smallest absolute Gasteiger partial charge is 0.276 e. The number of aryl methyl sites for hydroxylation is 1. The van der Waals surface area contributed by atoms with Gasteiger partial charge in [0.1, 0.15) is 5.01 Å². The van der Waals surface area contributed by atoms with Gasteiger partial charge in [0.05, 0.1) is 18.8 Å². The summed E-state index contributed by atoms with van der Waals surface area (Å²) in [6, 6.07) is 8.23. The molecule has 0 bridgehead atoms. The van der Waals surface area contributed by atoms with E-state index in [9.17, 15) is 4.79 Å². The van der Waals surface area contributed by atoms with Crippen molar-refractivity contribution in [2.45, 2.75) is 38.8 Å². The Morgan fingerprint density at radius 2 is 2.19 bits per heavy atom. The number of nitrogens with zero attached hydrogens (tertiary/aromatic N) is 5. The van der Waals surface area contributed by atoms with E-state index in [2.05, 4.69) is 34.4 Å². The molecule has 7 heteroatoms. The second-order valence-electron chi connectivity index (χ2n) is 6.61. The first kappa shape index (κ1) is 16.9. The molecule has 134 valence electrons. The van der Waals surface area contributed by atoms with Crippen molar-refractivity contribution in [3.63, 3.8) is 0 Å². The molecule has 1 aromatic carbocycles. The molecule has 1 aliphatic heterocycles. The molecule has 2 aromatic heterocycles. The van der Waals surface area contributed by atoms with E-state index in [1.54, 1.807) is 28.4 Å². The number of aromatic nitrogens is 4. The van der Waals surface area contributed by atoms with E-state index in [-0.39, 0.29) is 11.9 Å². The highest BCUT2D eigenvalue weighted by Crippen LogP contribution is 2.32. The largest absolute Gasteiger partial charge is 0.328 e. The molecule has 0 spiro atoms. The molecule has 3 heterocycles. The summed E-state index contributed by atoms with van der Waals surface area (Å²) in [4.78, 5) is 19.4. The van der Waals surface area contributed by atoms with Crippen LogP contribution in [0.15, 0.2) is 42.0 Å². The van der Waals surface area contributed by atoms with Gasteiger partial charge in [-0.15, -0.1) is 16.4 Å². The number of carbonyl (C=O) groups excluding carboxylic acids is 1. The summed E-state index contributed by atoms with van der Waals surface area (Å²) in [6.07, 6.45) is 6.65. The predicted octanol–water partition coefficient (Wildman–Crippen LogP) is 3.46. The van der Waals surface area contributed by atoms with Gasteiger partial charge < -0.3 is 4.90 Å². The summed E-state index contributed by atoms with van der Waals surface area (Å²) in [5, 5.41) is 11.3. The molecular formula is C19H21N5OS. The molecule has 0 saturated carbocycles. The van der Waals surface area contributed by atoms with Crippen LogP contribution in [0.3, 0.4) is 0 Å². The summed E-state index contributed by atoms with van der Waals surface area (Å²) >= 11 is 1.61. The summed E-state index contributed by atoms with van der Waals surface area (Å²) in [7, 11) is 0. The second-order valence-corrected chi connectivity index (χ2v) is 7.53. The first-order valence-corrected chi connectivity index (χ1v) is 9.75. The SMILES string of the molecule is Cc1ccccc1Cn1cc(C(=O)N2CCCC[C@@H]2c2nccs2)nn1. The molecule has 1 atom stereocenters. The van der Waals surface area contributed by atoms with Gasteiger partial charge in [-0.3, -0.25) is 4.79 Å². The molecule has 6 nitrogen and oxygen atoms in total. The van der Waals surface area contributed by atoms with E-state index in [1.165, 1.54) is 11.1 Å². The fraction of sp³-hybridized carbons (Fsp3) is 0.368. The molecule has 4 rings (SSSR count). The Hall–Kier alpha value is -2.54. The lowest BCUT2D eigenvalue weighted by molar-refractivity contribution is 0.0605. The maximum absolute atomic E-state index is 13.0. The number of thiazole rings is 1. The third-order valence-electron chi connectivity index (χ3n) is 4.85. The van der Waals surface area contributed by atoms with Crippen molar-refractivity contribution in [2.75, 3.05) is 6.54 Å². The minimum atomic E-state index is -0.0547. The van der Waals surface area contributed by atoms with Crippen LogP contribution in [0.1, 0.15) is 51.9 Å². The summed E-state index contributed by atoms with van der Waals surface area (Å²) < 4.78 is 1.73. The highest BCUT2D eigenvalue weighted by molar-refractivity contribution is 7.09. The highest BCUT2D eigenvalue weighted by Gasteiger charge is 2.31. The van der Waals surface area contributed by atoms with E-state index < -0.39 is 0 Å². The molecule has 1 saturated heterocycles. The van der Waals surface area contributed by atoms with Crippen molar-refractivity contribution >= 4 is 17.2 Å². The third kappa shape index (κ3) is 3.39. The van der Waals surface area contributed by atoms with Gasteiger partial charge in [0.2, 0.25) is 0 Å². The molecular weight excluding hydrogens is 346 g/mol. The predicted molar refractivity (Wildman–Crippen MR) is 100 cm³/mol. The number of amides is 1. The molecule has 0 N–H and O–H groups in total. The van der Waals surface area contributed by atoms with Crippen LogP contribution < -0.4 is 0 Å². The molecule has 1 aliphatic rings. The van der Waals surface area contributed by atoms with E-state index >= 15 is 0 Å². The summed E-state index contributed by atoms with van der Waals surface area (Å²) in [6.45, 7) is 3.43. The fourth-order valence-electron chi connectivity index (χ4n) is 3.41. The van der Waals surface area contributed by atoms with Crippen LogP contribution in [0.5, 0.6) is 0 Å². The average Bonchev–Trinajstić information content (AvgIpc) is 3.35. The number of likely N-dealkylation sites (tertiary alicyclic amines) is 1. The van der Waals surface area contributed by atoms with Gasteiger partial charge in [0.25, 0.3) is 5.91 Å². The topological polar surface area (TPSA) is 63.9 Å². The van der Waals surface area contributed by atoms with Crippen molar-refractivity contribution in [3.8, 4) is 0 Å². The molecule has 0 unspecified atom stereocenters. The standard InChI is InChI=1S/C19H21N5OS/c1-14-6-2-3-7-15(14)12-23-13-16(21-22-23)19(25)24-10-5-4-8-17(24)18-20-9-11-26-18/h2-3,6-7,9,11,13,17H,4-5,8,10,12H2,1H3/t17-/m1/s1. The molecule has 0 radical (unpaired) electrons. The highest BCUT2D eigenvalue weighted by atomic mass is 32.1. The van der Waals surface area contributed by atoms with Crippen molar-refractivity contribution in [3.05, 3.63) is 63.9 Å². The monoisotopic (exact) mass is 367 g/mol. The molecule has 26 heavy (non-hydrogen) atoms. The Bertz CT molecular complexity index is 889. The van der Waals surface area contributed by atoms with Crippen molar-refractivity contribution < 1.29 is 4.79 Å². The van der Waals surface area contributed by atoms with Gasteiger partial charge in [-0.1, -0.05) is 29.5 Å². The first-order valence-electron chi connectivity index (χ1n) is 8.87. The number of hydrogen-bond donors (Lipinski definition) is 0. The second kappa shape index (κ2) is 7.37. The van der Waals surface area contributed by atoms with Gasteiger partial charge in [0, 0.05) is 18.1 Å². The van der Waals surface area contributed by atoms with Crippen LogP contribution in [-0.2, 0) is 6.54 Å². The lowest BCUT2D eigenvalue weighted by atomic mass is 10.0. The van der Waals surface area contributed by atoms with Gasteiger partial charge in [0.15, 0.2) is 5.69 Å². The zero-order valence-electron chi connectivity index (χ0n) is 14.7. The van der Waals surface area contributed by atoms with E-state index in [1.807, 2.05) is 22.4 Å². The number of rotatable bonds is 4. The summed E-state index contributed by atoms with van der Waals surface area (Å²) in [5.41, 5.74) is 2.79. The Kier molecular flexibility index (Phi) is 4.79. The zero-order chi connectivity index (χ0) is 17.9. The van der Waals surface area contributed by atoms with Gasteiger partial charge in [-0.05, 0) is 37.3 Å². The molecule has 3 aromatic rings. The minimum absolute atomic E-state index is 0.0535. The fourth-order valence-corrected chi connectivity index (χ4v) is 4.20. The minimum Gasteiger partial charge on any atom is -0.328 e. The Morgan fingerprint density at radius 1 is 1.31 bits per heavy atom. The van der Waals surface area contributed by atoms with Crippen LogP contribution >= 0.6 is 11.3 Å². The maximum atomic E-state index is 13.0. The van der Waals surface area contributed by atoms with E-state index in [0.717, 1.165) is 30.8 Å². The van der Waals surface area contributed by atoms with Crippen molar-refractivity contribution in [1.29, 1.82) is 0 Å². The van der Waals surface area contributed by atoms with Crippen LogP contribution in [0.2, 0.25) is 0 Å². The lowest BCUT2D eigenvalue weighted by Gasteiger charge is -2.33. The van der Waals surface area contributed by atoms with E-state index in [4.69, 9.17) is 0 Å². The normalized spacial score (nSPS) is 17.4. The van der Waals surface area contributed by atoms with Gasteiger partial charge in [-0.2, -0.15) is 0 Å². The van der Waals surface area contributed by atoms with Crippen LogP contribution in [0.25, 0.3) is 0 Å². The van der Waals surface area contributed by atoms with Gasteiger partial charge in [-0.25, -0.2) is 9.67 Å². The molecule has 1 fully saturated rings. The lowest BCUT2D eigenvalue weighted by Crippen LogP contribution is -2.38. The Balaban J connectivity index is 1.53. The number of piperidine rings is 1. The number of hydrogen-bond acceptors (Lipinski definition) is 5. The van der Waals surface area contributed by atoms with E-state index in [0.29, 0.717) is 12.2 Å².